The number of carbonyl (C=O) groups is 1. The molecule has 0 saturated carbocycles. The topological polar surface area (TPSA) is 36.1 Å². The van der Waals surface area contributed by atoms with Crippen LogP contribution in [0.1, 0.15) is 21.6 Å². The van der Waals surface area contributed by atoms with Crippen molar-refractivity contribution in [3.05, 3.63) is 83.1 Å². The average Bonchev–Trinajstić information content (AvgIpc) is 3.25. The maximum atomic E-state index is 13.4. The minimum Gasteiger partial charge on any atom is -0.351 e. The van der Waals surface area contributed by atoms with Crippen LogP contribution in [0.25, 0.3) is 21.7 Å². The number of nitrogens with zero attached hydrogens (tertiary/aromatic N) is 1. The van der Waals surface area contributed by atoms with Gasteiger partial charge in [-0.05, 0) is 46.2 Å². The molecular formula is C21H14F2N2O. The second-order valence-corrected chi connectivity index (χ2v) is 6.63. The molecule has 1 N–H and O–H groups in total. The molecule has 3 aromatic carbocycles. The molecule has 0 atom stereocenters. The number of H-pyrrole nitrogens is 1. The molecule has 0 fully saturated rings. The molecule has 128 valence electrons. The van der Waals surface area contributed by atoms with Crippen LogP contribution in [0.5, 0.6) is 0 Å². The minimum atomic E-state index is -0.880. The fourth-order valence-electron chi connectivity index (χ4n) is 3.71. The summed E-state index contributed by atoms with van der Waals surface area (Å²) in [4.78, 5) is 17.7. The number of amides is 1. The van der Waals surface area contributed by atoms with Crippen molar-refractivity contribution in [2.24, 2.45) is 0 Å². The number of carbonyl (C=O) groups excluding carboxylic acids is 1. The maximum absolute atomic E-state index is 13.4. The van der Waals surface area contributed by atoms with Gasteiger partial charge in [0.05, 0.1) is 0 Å². The molecular weight excluding hydrogens is 334 g/mol. The zero-order chi connectivity index (χ0) is 17.8. The van der Waals surface area contributed by atoms with Gasteiger partial charge in [-0.1, -0.05) is 30.3 Å². The summed E-state index contributed by atoms with van der Waals surface area (Å²) in [6.07, 6.45) is 0. The smallest absolute Gasteiger partial charge is 0.270 e. The minimum absolute atomic E-state index is 0.178. The van der Waals surface area contributed by atoms with Crippen molar-refractivity contribution in [2.75, 3.05) is 0 Å². The van der Waals surface area contributed by atoms with Gasteiger partial charge in [0.2, 0.25) is 0 Å². The van der Waals surface area contributed by atoms with Crippen LogP contribution < -0.4 is 0 Å². The molecule has 5 rings (SSSR count). The zero-order valence-corrected chi connectivity index (χ0v) is 13.7. The number of halogens is 2. The summed E-state index contributed by atoms with van der Waals surface area (Å²) in [6.45, 7) is 0.558. The summed E-state index contributed by atoms with van der Waals surface area (Å²) >= 11 is 0. The molecule has 1 aliphatic rings. The van der Waals surface area contributed by atoms with Crippen LogP contribution in [0.2, 0.25) is 0 Å². The number of hydrogen-bond acceptors (Lipinski definition) is 1. The summed E-state index contributed by atoms with van der Waals surface area (Å²) < 4.78 is 26.9. The second kappa shape index (κ2) is 5.39. The maximum Gasteiger partial charge on any atom is 0.270 e. The molecule has 1 aliphatic heterocycles. The normalized spacial score (nSPS) is 13.5. The molecule has 0 spiro atoms. The first-order chi connectivity index (χ1) is 12.6. The second-order valence-electron chi connectivity index (χ2n) is 6.63. The highest BCUT2D eigenvalue weighted by Gasteiger charge is 2.27. The van der Waals surface area contributed by atoms with E-state index >= 15 is 0 Å². The monoisotopic (exact) mass is 348 g/mol. The summed E-state index contributed by atoms with van der Waals surface area (Å²) in [6, 6.07) is 16.2. The van der Waals surface area contributed by atoms with Gasteiger partial charge < -0.3 is 9.88 Å². The van der Waals surface area contributed by atoms with Crippen LogP contribution >= 0.6 is 0 Å². The van der Waals surface area contributed by atoms with Crippen molar-refractivity contribution >= 4 is 27.6 Å². The summed E-state index contributed by atoms with van der Waals surface area (Å²) in [5, 5.41) is 3.17. The fourth-order valence-corrected chi connectivity index (χ4v) is 3.71. The first-order valence-corrected chi connectivity index (χ1v) is 8.37. The van der Waals surface area contributed by atoms with Gasteiger partial charge in [-0.25, -0.2) is 8.78 Å². The summed E-state index contributed by atoms with van der Waals surface area (Å²) in [7, 11) is 0. The highest BCUT2D eigenvalue weighted by Crippen LogP contribution is 2.29. The molecule has 4 aromatic rings. The average molecular weight is 348 g/mol. The number of rotatable bonds is 1. The van der Waals surface area contributed by atoms with Crippen LogP contribution in [0, 0.1) is 11.6 Å². The number of aromatic nitrogens is 1. The molecule has 1 aromatic heterocycles. The molecule has 0 saturated heterocycles. The summed E-state index contributed by atoms with van der Waals surface area (Å²) in [5.74, 6) is -1.94. The number of hydrogen-bond donors (Lipinski definition) is 1. The summed E-state index contributed by atoms with van der Waals surface area (Å²) in [5.41, 5.74) is 2.67. The third-order valence-corrected chi connectivity index (χ3v) is 5.01. The van der Waals surface area contributed by atoms with Gasteiger partial charge in [-0.2, -0.15) is 0 Å². The lowest BCUT2D eigenvalue weighted by Gasteiger charge is -2.13. The molecule has 0 aliphatic carbocycles. The van der Waals surface area contributed by atoms with Gasteiger partial charge in [-0.15, -0.1) is 0 Å². The SMILES string of the molecule is O=C(c1cc2c(ccc3ccccc32)[nH]1)N1Cc2cc(F)c(F)cc2C1. The Kier molecular flexibility index (Phi) is 3.13. The zero-order valence-electron chi connectivity index (χ0n) is 13.7. The van der Waals surface area contributed by atoms with Crippen molar-refractivity contribution in [1.29, 1.82) is 0 Å². The van der Waals surface area contributed by atoms with Crippen molar-refractivity contribution in [1.82, 2.24) is 9.88 Å². The Hall–Kier alpha value is -3.21. The van der Waals surface area contributed by atoms with Crippen molar-refractivity contribution in [3.63, 3.8) is 0 Å². The highest BCUT2D eigenvalue weighted by atomic mass is 19.2. The Balaban J connectivity index is 1.52. The number of aromatic amines is 1. The quantitative estimate of drug-likeness (QED) is 0.529. The van der Waals surface area contributed by atoms with E-state index in [1.165, 1.54) is 12.1 Å². The predicted octanol–water partition coefficient (Wildman–Crippen LogP) is 4.76. The van der Waals surface area contributed by atoms with Crippen LogP contribution in [0.3, 0.4) is 0 Å². The molecule has 5 heteroatoms. The van der Waals surface area contributed by atoms with Gasteiger partial charge in [-0.3, -0.25) is 4.79 Å². The van der Waals surface area contributed by atoms with E-state index in [1.54, 1.807) is 4.90 Å². The Morgan fingerprint density at radius 2 is 1.58 bits per heavy atom. The molecule has 1 amide bonds. The Labute approximate surface area is 147 Å². The fraction of sp³-hybridized carbons (Fsp3) is 0.0952. The van der Waals surface area contributed by atoms with Gasteiger partial charge in [0.25, 0.3) is 5.91 Å². The lowest BCUT2D eigenvalue weighted by atomic mass is 10.1. The molecule has 0 bridgehead atoms. The Morgan fingerprint density at radius 3 is 2.31 bits per heavy atom. The lowest BCUT2D eigenvalue weighted by Crippen LogP contribution is -2.25. The molecule has 2 heterocycles. The van der Waals surface area contributed by atoms with Crippen molar-refractivity contribution < 1.29 is 13.6 Å². The van der Waals surface area contributed by atoms with E-state index in [1.807, 2.05) is 42.5 Å². The van der Waals surface area contributed by atoms with Gasteiger partial charge in [0, 0.05) is 24.0 Å². The van der Waals surface area contributed by atoms with Gasteiger partial charge in [0.1, 0.15) is 5.69 Å². The van der Waals surface area contributed by atoms with E-state index < -0.39 is 11.6 Å². The van der Waals surface area contributed by atoms with E-state index in [9.17, 15) is 13.6 Å². The molecule has 0 unspecified atom stereocenters. The van der Waals surface area contributed by atoms with E-state index in [-0.39, 0.29) is 19.0 Å². The van der Waals surface area contributed by atoms with Crippen LogP contribution in [-0.2, 0) is 13.1 Å². The van der Waals surface area contributed by atoms with Crippen LogP contribution in [-0.4, -0.2) is 15.8 Å². The molecule has 26 heavy (non-hydrogen) atoms. The first-order valence-electron chi connectivity index (χ1n) is 8.37. The van der Waals surface area contributed by atoms with Crippen LogP contribution in [0.15, 0.2) is 54.6 Å². The number of benzene rings is 3. The van der Waals surface area contributed by atoms with Gasteiger partial charge >= 0.3 is 0 Å². The Morgan fingerprint density at radius 1 is 0.885 bits per heavy atom. The largest absolute Gasteiger partial charge is 0.351 e. The number of nitrogens with one attached hydrogen (secondary N) is 1. The predicted molar refractivity (Wildman–Crippen MR) is 95.7 cm³/mol. The van der Waals surface area contributed by atoms with E-state index in [0.717, 1.165) is 21.7 Å². The molecule has 0 radical (unpaired) electrons. The van der Waals surface area contributed by atoms with E-state index in [4.69, 9.17) is 0 Å². The Bertz CT molecular complexity index is 1160. The first kappa shape index (κ1) is 15.1. The highest BCUT2D eigenvalue weighted by molar-refractivity contribution is 6.09. The lowest BCUT2D eigenvalue weighted by molar-refractivity contribution is 0.0746. The van der Waals surface area contributed by atoms with Crippen molar-refractivity contribution in [2.45, 2.75) is 13.1 Å². The van der Waals surface area contributed by atoms with Crippen molar-refractivity contribution in [3.8, 4) is 0 Å². The van der Waals surface area contributed by atoms with Gasteiger partial charge in [0.15, 0.2) is 11.6 Å². The molecule has 3 nitrogen and oxygen atoms in total. The van der Waals surface area contributed by atoms with E-state index in [0.29, 0.717) is 16.8 Å². The van der Waals surface area contributed by atoms with E-state index in [2.05, 4.69) is 4.98 Å². The number of fused-ring (bicyclic) bond motifs is 4. The third kappa shape index (κ3) is 2.20. The standard InChI is InChI=1S/C21H14F2N2O/c22-17-7-13-10-25(11-14(13)8-18(17)23)21(26)20-9-16-15-4-2-1-3-12(15)5-6-19(16)24-20/h1-9,24H,10-11H2. The third-order valence-electron chi connectivity index (χ3n) is 5.01. The van der Waals surface area contributed by atoms with Crippen LogP contribution in [0.4, 0.5) is 8.78 Å².